The third-order valence-corrected chi connectivity index (χ3v) is 4.17. The average molecular weight is 290 g/mol. The summed E-state index contributed by atoms with van der Waals surface area (Å²) in [4.78, 5) is 14.0. The molecule has 1 saturated carbocycles. The molecule has 2 heterocycles. The van der Waals surface area contributed by atoms with Crippen LogP contribution in [0.2, 0.25) is 0 Å². The van der Waals surface area contributed by atoms with Crippen molar-refractivity contribution in [3.63, 3.8) is 0 Å². The molecule has 0 aromatic carbocycles. The first-order valence-corrected chi connectivity index (χ1v) is 7.71. The summed E-state index contributed by atoms with van der Waals surface area (Å²) in [6, 6.07) is 4.28. The Morgan fingerprint density at radius 2 is 2.14 bits per heavy atom. The maximum Gasteiger partial charge on any atom is 0.364 e. The summed E-state index contributed by atoms with van der Waals surface area (Å²) in [5.41, 5.74) is 5.92. The van der Waals surface area contributed by atoms with E-state index in [2.05, 4.69) is 20.2 Å². The largest absolute Gasteiger partial charge is 0.364 e. The van der Waals surface area contributed by atoms with Crippen LogP contribution in [-0.2, 0) is 0 Å². The second-order valence-corrected chi connectivity index (χ2v) is 5.62. The molecule has 1 aliphatic carbocycles. The molecule has 2 aromatic heterocycles. The van der Waals surface area contributed by atoms with Crippen LogP contribution in [0.4, 0.5) is 5.82 Å². The Bertz CT molecular complexity index is 642. The minimum atomic E-state index is -0.297. The second-order valence-electron chi connectivity index (χ2n) is 5.62. The van der Waals surface area contributed by atoms with Gasteiger partial charge in [-0.05, 0) is 37.9 Å². The van der Waals surface area contributed by atoms with E-state index in [0.29, 0.717) is 18.2 Å². The molecule has 3 N–H and O–H groups in total. The maximum atomic E-state index is 11.7. The minimum Gasteiger partial charge on any atom is -0.352 e. The van der Waals surface area contributed by atoms with Crippen molar-refractivity contribution in [3.8, 4) is 0 Å². The van der Waals surface area contributed by atoms with Crippen LogP contribution in [0.1, 0.15) is 38.5 Å². The lowest BCUT2D eigenvalue weighted by molar-refractivity contribution is 0.410. The first-order chi connectivity index (χ1) is 10.3. The van der Waals surface area contributed by atoms with Gasteiger partial charge in [-0.1, -0.05) is 19.3 Å². The minimum absolute atomic E-state index is 0.297. The third kappa shape index (κ3) is 2.92. The van der Waals surface area contributed by atoms with Crippen molar-refractivity contribution >= 4 is 11.5 Å². The number of H-pyrrole nitrogens is 1. The quantitative estimate of drug-likeness (QED) is 0.853. The lowest BCUT2D eigenvalue weighted by atomic mass is 9.94. The average Bonchev–Trinajstić information content (AvgIpc) is 2.90. The zero-order valence-electron chi connectivity index (χ0n) is 12.2. The summed E-state index contributed by atoms with van der Waals surface area (Å²) in [6.07, 6.45) is 7.13. The fourth-order valence-corrected chi connectivity index (χ4v) is 3.08. The molecule has 1 fully saturated rings. The van der Waals surface area contributed by atoms with Crippen LogP contribution in [0.5, 0.6) is 0 Å². The molecule has 0 aliphatic heterocycles. The number of rotatable bonds is 5. The zero-order valence-corrected chi connectivity index (χ0v) is 12.2. The molecule has 7 nitrogen and oxygen atoms in total. The number of fused-ring (bicyclic) bond motifs is 1. The Morgan fingerprint density at radius 3 is 2.90 bits per heavy atom. The van der Waals surface area contributed by atoms with Crippen LogP contribution in [-0.4, -0.2) is 38.9 Å². The van der Waals surface area contributed by atoms with Gasteiger partial charge in [-0.15, -0.1) is 5.10 Å². The molecule has 21 heavy (non-hydrogen) atoms. The van der Waals surface area contributed by atoms with Gasteiger partial charge in [0, 0.05) is 12.6 Å². The van der Waals surface area contributed by atoms with E-state index in [0.717, 1.165) is 18.8 Å². The number of aromatic amines is 1. The van der Waals surface area contributed by atoms with E-state index in [9.17, 15) is 4.79 Å². The number of aromatic nitrogens is 4. The normalized spacial score (nSPS) is 16.4. The smallest absolute Gasteiger partial charge is 0.352 e. The lowest BCUT2D eigenvalue weighted by Gasteiger charge is -2.35. The van der Waals surface area contributed by atoms with Crippen LogP contribution in [0.25, 0.3) is 5.65 Å². The van der Waals surface area contributed by atoms with Crippen molar-refractivity contribution in [2.75, 3.05) is 18.0 Å². The molecule has 0 unspecified atom stereocenters. The molecule has 0 bridgehead atoms. The SMILES string of the molecule is NCCCN(c1ccc2n[nH]c(=O)n2n1)C1CCCCC1. The number of hydrogen-bond acceptors (Lipinski definition) is 5. The number of nitrogens with one attached hydrogen (secondary N) is 1. The van der Waals surface area contributed by atoms with Gasteiger partial charge in [-0.25, -0.2) is 9.89 Å². The van der Waals surface area contributed by atoms with E-state index in [1.54, 1.807) is 0 Å². The summed E-state index contributed by atoms with van der Waals surface area (Å²) in [5, 5.41) is 10.8. The molecular formula is C14H22N6O. The van der Waals surface area contributed by atoms with Crippen LogP contribution in [0, 0.1) is 0 Å². The molecule has 114 valence electrons. The summed E-state index contributed by atoms with van der Waals surface area (Å²) in [5.74, 6) is 0.839. The Kier molecular flexibility index (Phi) is 4.19. The van der Waals surface area contributed by atoms with Gasteiger partial charge >= 0.3 is 5.69 Å². The summed E-state index contributed by atoms with van der Waals surface area (Å²) in [6.45, 7) is 1.55. The monoisotopic (exact) mass is 290 g/mol. The van der Waals surface area contributed by atoms with E-state index in [1.807, 2.05) is 12.1 Å². The maximum absolute atomic E-state index is 11.7. The molecule has 0 amide bonds. The van der Waals surface area contributed by atoms with Gasteiger partial charge in [-0.2, -0.15) is 9.61 Å². The van der Waals surface area contributed by atoms with Gasteiger partial charge < -0.3 is 10.6 Å². The molecular weight excluding hydrogens is 268 g/mol. The number of anilines is 1. The molecule has 0 spiro atoms. The molecule has 2 aromatic rings. The Morgan fingerprint density at radius 1 is 1.33 bits per heavy atom. The van der Waals surface area contributed by atoms with Crippen molar-refractivity contribution in [1.29, 1.82) is 0 Å². The highest BCUT2D eigenvalue weighted by molar-refractivity contribution is 5.45. The fourth-order valence-electron chi connectivity index (χ4n) is 3.08. The van der Waals surface area contributed by atoms with Crippen LogP contribution in [0.3, 0.4) is 0 Å². The topological polar surface area (TPSA) is 92.3 Å². The summed E-state index contributed by atoms with van der Waals surface area (Å²) < 4.78 is 1.33. The van der Waals surface area contributed by atoms with Gasteiger partial charge in [0.15, 0.2) is 5.65 Å². The van der Waals surface area contributed by atoms with Crippen LogP contribution < -0.4 is 16.3 Å². The van der Waals surface area contributed by atoms with E-state index < -0.39 is 0 Å². The zero-order chi connectivity index (χ0) is 14.7. The first kappa shape index (κ1) is 14.1. The van der Waals surface area contributed by atoms with Crippen molar-refractivity contribution in [1.82, 2.24) is 19.8 Å². The third-order valence-electron chi connectivity index (χ3n) is 4.17. The molecule has 0 saturated heterocycles. The molecule has 0 radical (unpaired) electrons. The highest BCUT2D eigenvalue weighted by atomic mass is 16.2. The Hall–Kier alpha value is -1.89. The Balaban J connectivity index is 1.92. The number of nitrogens with two attached hydrogens (primary N) is 1. The van der Waals surface area contributed by atoms with Gasteiger partial charge in [-0.3, -0.25) is 0 Å². The van der Waals surface area contributed by atoms with E-state index in [-0.39, 0.29) is 5.69 Å². The highest BCUT2D eigenvalue weighted by Crippen LogP contribution is 2.26. The second kappa shape index (κ2) is 6.26. The van der Waals surface area contributed by atoms with Gasteiger partial charge in [0.1, 0.15) is 5.82 Å². The predicted molar refractivity (Wildman–Crippen MR) is 81.5 cm³/mol. The number of hydrogen-bond donors (Lipinski definition) is 2. The van der Waals surface area contributed by atoms with Crippen molar-refractivity contribution in [2.45, 2.75) is 44.6 Å². The van der Waals surface area contributed by atoms with Gasteiger partial charge in [0.2, 0.25) is 0 Å². The van der Waals surface area contributed by atoms with E-state index in [4.69, 9.17) is 5.73 Å². The molecule has 3 rings (SSSR count). The van der Waals surface area contributed by atoms with Gasteiger partial charge in [0.05, 0.1) is 0 Å². The first-order valence-electron chi connectivity index (χ1n) is 7.71. The molecule has 7 heteroatoms. The number of nitrogens with zero attached hydrogens (tertiary/aromatic N) is 4. The predicted octanol–water partition coefficient (Wildman–Crippen LogP) is 0.905. The highest BCUT2D eigenvalue weighted by Gasteiger charge is 2.22. The van der Waals surface area contributed by atoms with E-state index in [1.165, 1.54) is 36.6 Å². The van der Waals surface area contributed by atoms with Crippen molar-refractivity contribution in [2.24, 2.45) is 5.73 Å². The van der Waals surface area contributed by atoms with Crippen LogP contribution >= 0.6 is 0 Å². The van der Waals surface area contributed by atoms with E-state index >= 15 is 0 Å². The van der Waals surface area contributed by atoms with Crippen molar-refractivity contribution < 1.29 is 0 Å². The van der Waals surface area contributed by atoms with Crippen molar-refractivity contribution in [3.05, 3.63) is 22.6 Å². The fraction of sp³-hybridized carbons (Fsp3) is 0.643. The molecule has 1 aliphatic rings. The standard InChI is InChI=1S/C14H22N6O/c15-9-4-10-19(11-5-2-1-3-6-11)13-8-7-12-16-17-14(21)20(12)18-13/h7-8,11H,1-6,9-10,15H2,(H,17,21). The summed E-state index contributed by atoms with van der Waals surface area (Å²) >= 11 is 0. The lowest BCUT2D eigenvalue weighted by Crippen LogP contribution is -2.39. The van der Waals surface area contributed by atoms with Crippen LogP contribution in [0.15, 0.2) is 16.9 Å². The summed E-state index contributed by atoms with van der Waals surface area (Å²) in [7, 11) is 0. The Labute approximate surface area is 123 Å². The molecule has 0 atom stereocenters. The van der Waals surface area contributed by atoms with Gasteiger partial charge in [0.25, 0.3) is 0 Å².